The molecule has 0 aliphatic carbocycles. The van der Waals surface area contributed by atoms with Gasteiger partial charge in [-0.25, -0.2) is 0 Å². The first kappa shape index (κ1) is 10.3. The lowest BCUT2D eigenvalue weighted by molar-refractivity contribution is 0.161. The Morgan fingerprint density at radius 2 is 2.13 bits per heavy atom. The minimum Gasteiger partial charge on any atom is -0.399 e. The molecule has 1 fully saturated rings. The molecule has 82 valence electrons. The van der Waals surface area contributed by atoms with Crippen LogP contribution in [0.2, 0.25) is 0 Å². The summed E-state index contributed by atoms with van der Waals surface area (Å²) in [6, 6.07) is 8.09. The average Bonchev–Trinajstić information content (AvgIpc) is 2.68. The van der Waals surface area contributed by atoms with Crippen LogP contribution in [-0.4, -0.2) is 26.8 Å². The molecule has 0 radical (unpaired) electrons. The Morgan fingerprint density at radius 1 is 1.40 bits per heavy atom. The van der Waals surface area contributed by atoms with E-state index in [0.717, 1.165) is 25.4 Å². The number of hydrogen-bond acceptors (Lipinski definition) is 3. The molecule has 2 rings (SSSR count). The van der Waals surface area contributed by atoms with Gasteiger partial charge in [-0.05, 0) is 30.7 Å². The van der Waals surface area contributed by atoms with Crippen molar-refractivity contribution in [1.82, 2.24) is 0 Å². The van der Waals surface area contributed by atoms with Gasteiger partial charge in [0.05, 0.1) is 6.61 Å². The maximum atomic E-state index is 5.66. The smallest absolute Gasteiger partial charge is 0.0508 e. The predicted molar refractivity (Wildman–Crippen MR) is 63.1 cm³/mol. The number of ether oxygens (including phenoxy) is 1. The highest BCUT2D eigenvalue weighted by atomic mass is 16.5. The van der Waals surface area contributed by atoms with Crippen molar-refractivity contribution in [3.63, 3.8) is 0 Å². The predicted octanol–water partition coefficient (Wildman–Crippen LogP) is 1.74. The van der Waals surface area contributed by atoms with E-state index in [2.05, 4.69) is 17.0 Å². The lowest BCUT2D eigenvalue weighted by atomic mass is 10.1. The molecule has 0 bridgehead atoms. The minimum absolute atomic E-state index is 0.674. The molecule has 0 spiro atoms. The van der Waals surface area contributed by atoms with Gasteiger partial charge >= 0.3 is 0 Å². The third-order valence-corrected chi connectivity index (χ3v) is 2.95. The first-order valence-corrected chi connectivity index (χ1v) is 5.39. The van der Waals surface area contributed by atoms with E-state index in [-0.39, 0.29) is 0 Å². The number of anilines is 2. The molecule has 1 heterocycles. The molecule has 15 heavy (non-hydrogen) atoms. The van der Waals surface area contributed by atoms with E-state index in [1.165, 1.54) is 12.1 Å². The first-order chi connectivity index (χ1) is 7.29. The zero-order valence-corrected chi connectivity index (χ0v) is 9.15. The Kier molecular flexibility index (Phi) is 3.11. The van der Waals surface area contributed by atoms with Gasteiger partial charge in [0, 0.05) is 37.5 Å². The molecule has 2 N–H and O–H groups in total. The SMILES string of the molecule is COC[C@H]1CCN(c2ccc(N)cc2)C1. The zero-order chi connectivity index (χ0) is 10.7. The highest BCUT2D eigenvalue weighted by Crippen LogP contribution is 2.24. The highest BCUT2D eigenvalue weighted by Gasteiger charge is 2.22. The van der Waals surface area contributed by atoms with Crippen molar-refractivity contribution in [2.45, 2.75) is 6.42 Å². The molecule has 1 aliphatic heterocycles. The summed E-state index contributed by atoms with van der Waals surface area (Å²) in [4.78, 5) is 2.39. The molecule has 1 aromatic rings. The minimum atomic E-state index is 0.674. The lowest BCUT2D eigenvalue weighted by Crippen LogP contribution is -2.20. The fourth-order valence-corrected chi connectivity index (χ4v) is 2.12. The van der Waals surface area contributed by atoms with Crippen LogP contribution in [0.4, 0.5) is 11.4 Å². The van der Waals surface area contributed by atoms with Crippen molar-refractivity contribution in [3.05, 3.63) is 24.3 Å². The van der Waals surface area contributed by atoms with E-state index in [9.17, 15) is 0 Å². The van der Waals surface area contributed by atoms with Gasteiger partial charge in [0.15, 0.2) is 0 Å². The molecule has 1 saturated heterocycles. The van der Waals surface area contributed by atoms with Crippen molar-refractivity contribution in [1.29, 1.82) is 0 Å². The van der Waals surface area contributed by atoms with Gasteiger partial charge in [-0.15, -0.1) is 0 Å². The third-order valence-electron chi connectivity index (χ3n) is 2.95. The Bertz CT molecular complexity index is 310. The van der Waals surface area contributed by atoms with Crippen LogP contribution < -0.4 is 10.6 Å². The zero-order valence-electron chi connectivity index (χ0n) is 9.15. The van der Waals surface area contributed by atoms with Gasteiger partial charge in [-0.2, -0.15) is 0 Å². The first-order valence-electron chi connectivity index (χ1n) is 5.39. The van der Waals surface area contributed by atoms with Crippen molar-refractivity contribution >= 4 is 11.4 Å². The summed E-state index contributed by atoms with van der Waals surface area (Å²) in [7, 11) is 1.77. The van der Waals surface area contributed by atoms with Crippen LogP contribution >= 0.6 is 0 Å². The summed E-state index contributed by atoms with van der Waals surface area (Å²) >= 11 is 0. The second-order valence-corrected chi connectivity index (χ2v) is 4.15. The summed E-state index contributed by atoms with van der Waals surface area (Å²) in [5.41, 5.74) is 7.75. The number of benzene rings is 1. The van der Waals surface area contributed by atoms with Crippen LogP contribution in [0.3, 0.4) is 0 Å². The van der Waals surface area contributed by atoms with E-state index in [1.54, 1.807) is 7.11 Å². The molecule has 0 unspecified atom stereocenters. The van der Waals surface area contributed by atoms with Gasteiger partial charge in [0.1, 0.15) is 0 Å². The van der Waals surface area contributed by atoms with Crippen LogP contribution in [0.1, 0.15) is 6.42 Å². The number of nitrogen functional groups attached to an aromatic ring is 1. The van der Waals surface area contributed by atoms with Crippen LogP contribution in [0.5, 0.6) is 0 Å². The normalized spacial score (nSPS) is 20.9. The molecule has 0 amide bonds. The van der Waals surface area contributed by atoms with Gasteiger partial charge < -0.3 is 15.4 Å². The fraction of sp³-hybridized carbons (Fsp3) is 0.500. The number of nitrogens with zero attached hydrogens (tertiary/aromatic N) is 1. The van der Waals surface area contributed by atoms with E-state index in [0.29, 0.717) is 5.92 Å². The van der Waals surface area contributed by atoms with E-state index >= 15 is 0 Å². The van der Waals surface area contributed by atoms with E-state index in [4.69, 9.17) is 10.5 Å². The monoisotopic (exact) mass is 206 g/mol. The van der Waals surface area contributed by atoms with E-state index in [1.807, 2.05) is 12.1 Å². The molecular weight excluding hydrogens is 188 g/mol. The van der Waals surface area contributed by atoms with Gasteiger partial charge in [0.2, 0.25) is 0 Å². The van der Waals surface area contributed by atoms with Crippen LogP contribution in [0.15, 0.2) is 24.3 Å². The second kappa shape index (κ2) is 4.53. The Labute approximate surface area is 90.8 Å². The molecule has 3 heteroatoms. The molecule has 1 aliphatic rings. The van der Waals surface area contributed by atoms with Crippen LogP contribution in [0, 0.1) is 5.92 Å². The maximum absolute atomic E-state index is 5.66. The van der Waals surface area contributed by atoms with Gasteiger partial charge in [0.25, 0.3) is 0 Å². The quantitative estimate of drug-likeness (QED) is 0.766. The van der Waals surface area contributed by atoms with Crippen molar-refractivity contribution < 1.29 is 4.74 Å². The van der Waals surface area contributed by atoms with Crippen LogP contribution in [0.25, 0.3) is 0 Å². The van der Waals surface area contributed by atoms with Crippen molar-refractivity contribution in [3.8, 4) is 0 Å². The summed E-state index contributed by atoms with van der Waals surface area (Å²) in [6.07, 6.45) is 1.22. The van der Waals surface area contributed by atoms with Crippen LogP contribution in [-0.2, 0) is 4.74 Å². The number of hydrogen-bond donors (Lipinski definition) is 1. The summed E-state index contributed by atoms with van der Waals surface area (Å²) in [6.45, 7) is 3.08. The molecule has 0 aromatic heterocycles. The fourth-order valence-electron chi connectivity index (χ4n) is 2.12. The molecule has 1 atom stereocenters. The number of nitrogens with two attached hydrogens (primary N) is 1. The largest absolute Gasteiger partial charge is 0.399 e. The highest BCUT2D eigenvalue weighted by molar-refractivity contribution is 5.53. The van der Waals surface area contributed by atoms with Gasteiger partial charge in [-0.3, -0.25) is 0 Å². The standard InChI is InChI=1S/C12H18N2O/c1-15-9-10-6-7-14(8-10)12-4-2-11(13)3-5-12/h2-5,10H,6-9,13H2,1H3/t10-/m0/s1. The molecule has 0 saturated carbocycles. The molecule has 3 nitrogen and oxygen atoms in total. The number of methoxy groups -OCH3 is 1. The second-order valence-electron chi connectivity index (χ2n) is 4.15. The molecule has 1 aromatic carbocycles. The van der Waals surface area contributed by atoms with E-state index < -0.39 is 0 Å². The Hall–Kier alpha value is -1.22. The third kappa shape index (κ3) is 2.42. The lowest BCUT2D eigenvalue weighted by Gasteiger charge is -2.18. The Balaban J connectivity index is 1.98. The van der Waals surface area contributed by atoms with Crippen molar-refractivity contribution in [2.24, 2.45) is 5.92 Å². The summed E-state index contributed by atoms with van der Waals surface area (Å²) in [5, 5.41) is 0. The average molecular weight is 206 g/mol. The maximum Gasteiger partial charge on any atom is 0.0508 e. The molecular formula is C12H18N2O. The summed E-state index contributed by atoms with van der Waals surface area (Å²) in [5.74, 6) is 0.674. The summed E-state index contributed by atoms with van der Waals surface area (Å²) < 4.78 is 5.18. The Morgan fingerprint density at radius 3 is 2.80 bits per heavy atom. The van der Waals surface area contributed by atoms with Gasteiger partial charge in [-0.1, -0.05) is 0 Å². The van der Waals surface area contributed by atoms with Crippen molar-refractivity contribution in [2.75, 3.05) is 37.4 Å². The topological polar surface area (TPSA) is 38.5 Å². The number of rotatable bonds is 3.